The summed E-state index contributed by atoms with van der Waals surface area (Å²) in [5, 5.41) is 0. The van der Waals surface area contributed by atoms with Crippen molar-refractivity contribution in [2.24, 2.45) is 0 Å². The average molecular weight is 368 g/mol. The van der Waals surface area contributed by atoms with Crippen LogP contribution in [0.15, 0.2) is 36.5 Å². The molecule has 142 valence electrons. The normalized spacial score (nSPS) is 23.9. The van der Waals surface area contributed by atoms with Gasteiger partial charge in [-0.3, -0.25) is 4.79 Å². The SMILES string of the molecule is O=C(C[NH+]1CCn2cccc2[C@@H]1c1ccc2c(c1)OCCO2)N1CCCC1. The third-order valence-electron chi connectivity index (χ3n) is 5.98. The number of ether oxygens (including phenoxy) is 2. The van der Waals surface area contributed by atoms with Crippen molar-refractivity contribution in [1.29, 1.82) is 0 Å². The minimum atomic E-state index is 0.135. The fourth-order valence-electron chi connectivity index (χ4n) is 4.62. The molecule has 1 fully saturated rings. The van der Waals surface area contributed by atoms with E-state index in [9.17, 15) is 4.79 Å². The Morgan fingerprint density at radius 3 is 2.74 bits per heavy atom. The van der Waals surface area contributed by atoms with Crippen molar-refractivity contribution in [1.82, 2.24) is 9.47 Å². The summed E-state index contributed by atoms with van der Waals surface area (Å²) in [4.78, 5) is 16.2. The second-order valence-electron chi connectivity index (χ2n) is 7.64. The molecule has 1 unspecified atom stereocenters. The minimum Gasteiger partial charge on any atom is -0.486 e. The number of likely N-dealkylation sites (tertiary alicyclic amines) is 1. The lowest BCUT2D eigenvalue weighted by Crippen LogP contribution is -3.14. The van der Waals surface area contributed by atoms with E-state index in [2.05, 4.69) is 35.0 Å². The van der Waals surface area contributed by atoms with Gasteiger partial charge in [-0.2, -0.15) is 0 Å². The topological polar surface area (TPSA) is 48.1 Å². The molecule has 1 saturated heterocycles. The predicted octanol–water partition coefficient (Wildman–Crippen LogP) is 0.870. The van der Waals surface area contributed by atoms with E-state index in [1.165, 1.54) is 16.2 Å². The van der Waals surface area contributed by atoms with Gasteiger partial charge >= 0.3 is 0 Å². The molecular weight excluding hydrogens is 342 g/mol. The summed E-state index contributed by atoms with van der Waals surface area (Å²) in [5.41, 5.74) is 2.45. The zero-order valence-corrected chi connectivity index (χ0v) is 15.5. The Balaban J connectivity index is 1.47. The molecule has 5 rings (SSSR count). The van der Waals surface area contributed by atoms with Crippen molar-refractivity contribution in [3.8, 4) is 11.5 Å². The summed E-state index contributed by atoms with van der Waals surface area (Å²) in [6.45, 7) is 5.45. The Bertz CT molecular complexity index is 841. The van der Waals surface area contributed by atoms with Crippen molar-refractivity contribution < 1.29 is 19.2 Å². The molecule has 1 aromatic heterocycles. The molecule has 0 spiro atoms. The first-order valence-electron chi connectivity index (χ1n) is 9.96. The van der Waals surface area contributed by atoms with Crippen LogP contribution in [-0.4, -0.2) is 54.8 Å². The van der Waals surface area contributed by atoms with Crippen LogP contribution in [0.3, 0.4) is 0 Å². The number of fused-ring (bicyclic) bond motifs is 2. The average Bonchev–Trinajstić information content (AvgIpc) is 3.39. The van der Waals surface area contributed by atoms with Gasteiger partial charge in [0.05, 0.1) is 18.8 Å². The van der Waals surface area contributed by atoms with Gasteiger partial charge in [-0.15, -0.1) is 0 Å². The Kier molecular flexibility index (Phi) is 4.28. The molecule has 3 aliphatic heterocycles. The molecule has 2 atom stereocenters. The first kappa shape index (κ1) is 16.7. The van der Waals surface area contributed by atoms with Crippen LogP contribution in [0, 0.1) is 0 Å². The van der Waals surface area contributed by atoms with E-state index in [0.717, 1.165) is 50.5 Å². The number of aromatic nitrogens is 1. The van der Waals surface area contributed by atoms with Crippen LogP contribution in [0.2, 0.25) is 0 Å². The molecule has 2 aromatic rings. The molecule has 0 saturated carbocycles. The summed E-state index contributed by atoms with van der Waals surface area (Å²) >= 11 is 0. The second-order valence-corrected chi connectivity index (χ2v) is 7.64. The Hall–Kier alpha value is -2.47. The number of quaternary nitrogens is 1. The lowest BCUT2D eigenvalue weighted by Gasteiger charge is -2.35. The highest BCUT2D eigenvalue weighted by molar-refractivity contribution is 5.77. The number of benzene rings is 1. The minimum absolute atomic E-state index is 0.135. The number of amides is 1. The molecule has 0 bridgehead atoms. The lowest BCUT2D eigenvalue weighted by atomic mass is 9.99. The van der Waals surface area contributed by atoms with E-state index in [1.807, 2.05) is 11.0 Å². The summed E-state index contributed by atoms with van der Waals surface area (Å²) in [7, 11) is 0. The fourth-order valence-corrected chi connectivity index (χ4v) is 4.62. The molecule has 1 aromatic carbocycles. The maximum Gasteiger partial charge on any atom is 0.277 e. The molecule has 0 aliphatic carbocycles. The molecule has 6 nitrogen and oxygen atoms in total. The summed E-state index contributed by atoms with van der Waals surface area (Å²) < 4.78 is 13.8. The molecular formula is C21H26N3O3+. The maximum atomic E-state index is 12.8. The van der Waals surface area contributed by atoms with Gasteiger partial charge in [0.25, 0.3) is 5.91 Å². The van der Waals surface area contributed by atoms with Crippen LogP contribution in [0.4, 0.5) is 0 Å². The van der Waals surface area contributed by atoms with Crippen LogP contribution in [0.1, 0.15) is 30.1 Å². The van der Waals surface area contributed by atoms with E-state index in [0.29, 0.717) is 19.8 Å². The summed E-state index contributed by atoms with van der Waals surface area (Å²) in [6.07, 6.45) is 4.41. The van der Waals surface area contributed by atoms with Gasteiger partial charge in [0.15, 0.2) is 24.1 Å². The Morgan fingerprint density at radius 2 is 1.89 bits per heavy atom. The van der Waals surface area contributed by atoms with Crippen LogP contribution in [-0.2, 0) is 11.3 Å². The monoisotopic (exact) mass is 368 g/mol. The Labute approximate surface area is 159 Å². The maximum absolute atomic E-state index is 12.8. The first-order chi connectivity index (χ1) is 13.3. The highest BCUT2D eigenvalue weighted by Crippen LogP contribution is 2.34. The zero-order chi connectivity index (χ0) is 18.2. The van der Waals surface area contributed by atoms with E-state index >= 15 is 0 Å². The Morgan fingerprint density at radius 1 is 1.07 bits per heavy atom. The molecule has 1 amide bonds. The summed E-state index contributed by atoms with van der Waals surface area (Å²) in [5.74, 6) is 1.91. The van der Waals surface area contributed by atoms with Crippen molar-refractivity contribution >= 4 is 5.91 Å². The van der Waals surface area contributed by atoms with Crippen molar-refractivity contribution in [3.05, 3.63) is 47.8 Å². The smallest absolute Gasteiger partial charge is 0.277 e. The number of carbonyl (C=O) groups excluding carboxylic acids is 1. The molecule has 4 heterocycles. The number of hydrogen-bond donors (Lipinski definition) is 1. The first-order valence-corrected chi connectivity index (χ1v) is 9.96. The van der Waals surface area contributed by atoms with Crippen LogP contribution in [0.25, 0.3) is 0 Å². The van der Waals surface area contributed by atoms with Gasteiger partial charge in [0, 0.05) is 24.8 Å². The third-order valence-corrected chi connectivity index (χ3v) is 5.98. The number of nitrogens with one attached hydrogen (secondary N) is 1. The summed E-state index contributed by atoms with van der Waals surface area (Å²) in [6, 6.07) is 10.7. The van der Waals surface area contributed by atoms with Gasteiger partial charge in [0.1, 0.15) is 13.2 Å². The van der Waals surface area contributed by atoms with Crippen molar-refractivity contribution in [2.75, 3.05) is 39.4 Å². The number of nitrogens with zero attached hydrogens (tertiary/aromatic N) is 2. The molecule has 3 aliphatic rings. The molecule has 1 N–H and O–H groups in total. The van der Waals surface area contributed by atoms with Crippen LogP contribution in [0.5, 0.6) is 11.5 Å². The van der Waals surface area contributed by atoms with Gasteiger partial charge in [0.2, 0.25) is 0 Å². The highest BCUT2D eigenvalue weighted by atomic mass is 16.6. The van der Waals surface area contributed by atoms with E-state index < -0.39 is 0 Å². The number of rotatable bonds is 3. The van der Waals surface area contributed by atoms with Gasteiger partial charge in [-0.25, -0.2) is 0 Å². The van der Waals surface area contributed by atoms with Gasteiger partial charge in [-0.1, -0.05) is 0 Å². The molecule has 27 heavy (non-hydrogen) atoms. The molecule has 0 radical (unpaired) electrons. The predicted molar refractivity (Wildman–Crippen MR) is 100 cm³/mol. The van der Waals surface area contributed by atoms with Crippen LogP contribution >= 0.6 is 0 Å². The van der Waals surface area contributed by atoms with E-state index in [-0.39, 0.29) is 11.9 Å². The zero-order valence-electron chi connectivity index (χ0n) is 15.5. The van der Waals surface area contributed by atoms with E-state index in [1.54, 1.807) is 0 Å². The van der Waals surface area contributed by atoms with Crippen molar-refractivity contribution in [2.45, 2.75) is 25.4 Å². The fraction of sp³-hybridized carbons (Fsp3) is 0.476. The highest BCUT2D eigenvalue weighted by Gasteiger charge is 2.35. The number of hydrogen-bond acceptors (Lipinski definition) is 3. The van der Waals surface area contributed by atoms with Crippen LogP contribution < -0.4 is 14.4 Å². The second kappa shape index (κ2) is 6.93. The van der Waals surface area contributed by atoms with Gasteiger partial charge < -0.3 is 23.8 Å². The van der Waals surface area contributed by atoms with Crippen molar-refractivity contribution in [3.63, 3.8) is 0 Å². The standard InChI is InChI=1S/C21H25N3O3/c25-20(23-7-1-2-8-23)15-24-11-10-22-9-3-4-17(22)21(24)16-5-6-18-19(14-16)27-13-12-26-18/h3-6,9,14,21H,1-2,7-8,10-13,15H2/p+1/t21-/m0/s1. The molecule has 6 heteroatoms. The van der Waals surface area contributed by atoms with E-state index in [4.69, 9.17) is 9.47 Å². The quantitative estimate of drug-likeness (QED) is 0.875. The number of carbonyl (C=O) groups is 1. The van der Waals surface area contributed by atoms with Gasteiger partial charge in [-0.05, 0) is 43.2 Å². The third kappa shape index (κ3) is 3.08. The largest absolute Gasteiger partial charge is 0.486 e. The lowest BCUT2D eigenvalue weighted by molar-refractivity contribution is -0.922.